The van der Waals surface area contributed by atoms with E-state index in [4.69, 9.17) is 4.74 Å². The summed E-state index contributed by atoms with van der Waals surface area (Å²) in [5.74, 6) is -0.256. The standard InChI is InChI=1S/C21H29F2N3O2/c1-3-4-5-12-28-16-8-6-15(7-9-16)25-21(27)17-10-11-26-18(19(22)23)13-14(2)24-20(17)26/h10-11,13,15-16,19H,3-9,12H2,1-2H3,(H,25,27). The van der Waals surface area contributed by atoms with Gasteiger partial charge in [-0.05, 0) is 51.2 Å². The zero-order chi connectivity index (χ0) is 20.1. The maximum Gasteiger partial charge on any atom is 0.278 e. The summed E-state index contributed by atoms with van der Waals surface area (Å²) >= 11 is 0. The first-order chi connectivity index (χ1) is 13.5. The summed E-state index contributed by atoms with van der Waals surface area (Å²) in [7, 11) is 0. The quantitative estimate of drug-likeness (QED) is 0.654. The SMILES string of the molecule is CCCCCOC1CCC(NC(=O)c2ccn3c(C(F)F)cc(C)nc23)CC1. The number of halogens is 2. The molecule has 7 heteroatoms. The van der Waals surface area contributed by atoms with Crippen LogP contribution >= 0.6 is 0 Å². The summed E-state index contributed by atoms with van der Waals surface area (Å²) in [6.07, 6.45) is 6.21. The largest absolute Gasteiger partial charge is 0.378 e. The van der Waals surface area contributed by atoms with Gasteiger partial charge in [0, 0.05) is 24.5 Å². The highest BCUT2D eigenvalue weighted by Gasteiger charge is 2.25. The Bertz CT molecular complexity index is 798. The smallest absolute Gasteiger partial charge is 0.278 e. The van der Waals surface area contributed by atoms with Gasteiger partial charge in [-0.2, -0.15) is 0 Å². The number of alkyl halides is 2. The molecule has 3 rings (SSSR count). The van der Waals surface area contributed by atoms with Gasteiger partial charge in [0.05, 0.1) is 17.4 Å². The molecule has 0 radical (unpaired) electrons. The van der Waals surface area contributed by atoms with Crippen molar-refractivity contribution in [2.45, 2.75) is 77.4 Å². The van der Waals surface area contributed by atoms with Crippen molar-refractivity contribution in [1.29, 1.82) is 0 Å². The molecule has 0 unspecified atom stereocenters. The Morgan fingerprint density at radius 2 is 2.07 bits per heavy atom. The number of carbonyl (C=O) groups is 1. The maximum absolute atomic E-state index is 13.3. The number of hydrogen-bond acceptors (Lipinski definition) is 3. The zero-order valence-corrected chi connectivity index (χ0v) is 16.6. The van der Waals surface area contributed by atoms with Crippen LogP contribution in [-0.2, 0) is 4.74 Å². The minimum atomic E-state index is -2.62. The lowest BCUT2D eigenvalue weighted by Gasteiger charge is -2.29. The molecule has 2 aromatic heterocycles. The number of aromatic nitrogens is 2. The van der Waals surface area contributed by atoms with Crippen molar-refractivity contribution in [2.75, 3.05) is 6.61 Å². The normalized spacial score (nSPS) is 20.0. The molecular weight excluding hydrogens is 364 g/mol. The molecule has 0 aliphatic heterocycles. The van der Waals surface area contributed by atoms with E-state index >= 15 is 0 Å². The highest BCUT2D eigenvalue weighted by molar-refractivity contribution is 6.00. The van der Waals surface area contributed by atoms with Crippen LogP contribution in [0.2, 0.25) is 0 Å². The fraction of sp³-hybridized carbons (Fsp3) is 0.619. The van der Waals surface area contributed by atoms with Crippen LogP contribution < -0.4 is 5.32 Å². The number of nitrogens with zero attached hydrogens (tertiary/aromatic N) is 2. The number of rotatable bonds is 8. The lowest BCUT2D eigenvalue weighted by Crippen LogP contribution is -2.39. The van der Waals surface area contributed by atoms with Crippen molar-refractivity contribution >= 4 is 11.6 Å². The molecule has 1 aliphatic rings. The molecule has 154 valence electrons. The number of aryl methyl sites for hydroxylation is 1. The fourth-order valence-electron chi connectivity index (χ4n) is 3.81. The molecule has 0 saturated heterocycles. The predicted molar refractivity (Wildman–Crippen MR) is 104 cm³/mol. The highest BCUT2D eigenvalue weighted by Crippen LogP contribution is 2.25. The number of nitrogens with one attached hydrogen (secondary N) is 1. The van der Waals surface area contributed by atoms with E-state index in [1.165, 1.54) is 29.5 Å². The average Bonchev–Trinajstić information content (AvgIpc) is 3.09. The minimum absolute atomic E-state index is 0.0809. The number of hydrogen-bond donors (Lipinski definition) is 1. The van der Waals surface area contributed by atoms with Crippen LogP contribution in [-0.4, -0.2) is 34.0 Å². The second-order valence-corrected chi connectivity index (χ2v) is 7.57. The first kappa shape index (κ1) is 20.7. The van der Waals surface area contributed by atoms with Crippen LogP contribution in [0, 0.1) is 6.92 Å². The van der Waals surface area contributed by atoms with E-state index < -0.39 is 6.43 Å². The Labute approximate surface area is 164 Å². The third-order valence-electron chi connectivity index (χ3n) is 5.36. The molecule has 1 amide bonds. The summed E-state index contributed by atoms with van der Waals surface area (Å²) in [6.45, 7) is 4.64. The molecule has 1 aliphatic carbocycles. The third kappa shape index (κ3) is 4.87. The zero-order valence-electron chi connectivity index (χ0n) is 16.6. The maximum atomic E-state index is 13.3. The summed E-state index contributed by atoms with van der Waals surface area (Å²) < 4.78 is 33.8. The molecule has 0 bridgehead atoms. The van der Waals surface area contributed by atoms with Crippen LogP contribution in [0.5, 0.6) is 0 Å². The first-order valence-corrected chi connectivity index (χ1v) is 10.2. The molecule has 1 fully saturated rings. The van der Waals surface area contributed by atoms with E-state index in [-0.39, 0.29) is 29.4 Å². The number of fused-ring (bicyclic) bond motifs is 1. The van der Waals surface area contributed by atoms with Crippen molar-refractivity contribution in [1.82, 2.24) is 14.7 Å². The van der Waals surface area contributed by atoms with Crippen LogP contribution in [0.3, 0.4) is 0 Å². The minimum Gasteiger partial charge on any atom is -0.378 e. The van der Waals surface area contributed by atoms with E-state index in [9.17, 15) is 13.6 Å². The molecule has 0 spiro atoms. The Balaban J connectivity index is 1.59. The highest BCUT2D eigenvalue weighted by atomic mass is 19.3. The molecule has 1 saturated carbocycles. The third-order valence-corrected chi connectivity index (χ3v) is 5.36. The lowest BCUT2D eigenvalue weighted by atomic mass is 9.92. The molecule has 5 nitrogen and oxygen atoms in total. The summed E-state index contributed by atoms with van der Waals surface area (Å²) in [6, 6.07) is 2.99. The van der Waals surface area contributed by atoms with Gasteiger partial charge in [-0.25, -0.2) is 13.8 Å². The van der Waals surface area contributed by atoms with Crippen molar-refractivity contribution in [3.63, 3.8) is 0 Å². The van der Waals surface area contributed by atoms with Crippen molar-refractivity contribution in [3.8, 4) is 0 Å². The predicted octanol–water partition coefficient (Wildman–Crippen LogP) is 4.83. The molecule has 0 aromatic carbocycles. The Hall–Kier alpha value is -2.02. The van der Waals surface area contributed by atoms with Gasteiger partial charge in [-0.1, -0.05) is 19.8 Å². The van der Waals surface area contributed by atoms with Gasteiger partial charge < -0.3 is 10.1 Å². The second-order valence-electron chi connectivity index (χ2n) is 7.57. The second kappa shape index (κ2) is 9.45. The van der Waals surface area contributed by atoms with Gasteiger partial charge in [0.2, 0.25) is 0 Å². The Morgan fingerprint density at radius 1 is 1.32 bits per heavy atom. The van der Waals surface area contributed by atoms with Gasteiger partial charge in [0.1, 0.15) is 5.65 Å². The Morgan fingerprint density at radius 3 is 2.75 bits per heavy atom. The van der Waals surface area contributed by atoms with E-state index in [0.717, 1.165) is 38.7 Å². The number of amides is 1. The van der Waals surface area contributed by atoms with Crippen LogP contribution in [0.25, 0.3) is 5.65 Å². The lowest BCUT2D eigenvalue weighted by molar-refractivity contribution is 0.0205. The van der Waals surface area contributed by atoms with Crippen LogP contribution in [0.1, 0.15) is 80.0 Å². The molecule has 2 aromatic rings. The molecule has 0 atom stereocenters. The van der Waals surface area contributed by atoms with Crippen LogP contribution in [0.15, 0.2) is 18.3 Å². The Kier molecular flexibility index (Phi) is 6.99. The number of ether oxygens (including phenoxy) is 1. The average molecular weight is 393 g/mol. The van der Waals surface area contributed by atoms with Gasteiger partial charge in [-0.3, -0.25) is 9.20 Å². The van der Waals surface area contributed by atoms with E-state index in [2.05, 4.69) is 17.2 Å². The molecule has 1 N–H and O–H groups in total. The molecule has 2 heterocycles. The van der Waals surface area contributed by atoms with Gasteiger partial charge in [-0.15, -0.1) is 0 Å². The van der Waals surface area contributed by atoms with Gasteiger partial charge >= 0.3 is 0 Å². The van der Waals surface area contributed by atoms with Crippen LogP contribution in [0.4, 0.5) is 8.78 Å². The van der Waals surface area contributed by atoms with E-state index in [1.807, 2.05) is 0 Å². The summed E-state index contributed by atoms with van der Waals surface area (Å²) in [5, 5.41) is 3.04. The first-order valence-electron chi connectivity index (χ1n) is 10.2. The molecule has 28 heavy (non-hydrogen) atoms. The topological polar surface area (TPSA) is 55.6 Å². The number of carbonyl (C=O) groups excluding carboxylic acids is 1. The van der Waals surface area contributed by atoms with Crippen molar-refractivity contribution in [3.05, 3.63) is 35.3 Å². The summed E-state index contributed by atoms with van der Waals surface area (Å²) in [4.78, 5) is 17.0. The van der Waals surface area contributed by atoms with E-state index in [0.29, 0.717) is 11.3 Å². The fourth-order valence-corrected chi connectivity index (χ4v) is 3.81. The monoisotopic (exact) mass is 393 g/mol. The summed E-state index contributed by atoms with van der Waals surface area (Å²) in [5.41, 5.74) is 0.933. The van der Waals surface area contributed by atoms with Crippen molar-refractivity contribution < 1.29 is 18.3 Å². The van der Waals surface area contributed by atoms with Gasteiger partial charge in [0.25, 0.3) is 12.3 Å². The van der Waals surface area contributed by atoms with Crippen molar-refractivity contribution in [2.24, 2.45) is 0 Å². The molecular formula is C21H29F2N3O2. The number of unbranched alkanes of at least 4 members (excludes halogenated alkanes) is 2. The van der Waals surface area contributed by atoms with Gasteiger partial charge in [0.15, 0.2) is 0 Å². The van der Waals surface area contributed by atoms with E-state index in [1.54, 1.807) is 13.0 Å².